The lowest BCUT2D eigenvalue weighted by Crippen LogP contribution is -2.49. The van der Waals surface area contributed by atoms with E-state index in [-0.39, 0.29) is 30.0 Å². The zero-order valence-electron chi connectivity index (χ0n) is 22.3. The van der Waals surface area contributed by atoms with Crippen molar-refractivity contribution >= 4 is 31.2 Å². The second-order valence-corrected chi connectivity index (χ2v) is 15.3. The van der Waals surface area contributed by atoms with Crippen molar-refractivity contribution < 1.29 is 28.9 Å². The molecule has 0 aliphatic rings. The number of hydrogen-bond acceptors (Lipinski definition) is 9. The Morgan fingerprint density at radius 2 is 1.78 bits per heavy atom. The van der Waals surface area contributed by atoms with Gasteiger partial charge in [-0.3, -0.25) is 9.36 Å². The number of methoxy groups -OCH3 is 1. The van der Waals surface area contributed by atoms with Crippen LogP contribution in [0.3, 0.4) is 0 Å². The molecule has 11 nitrogen and oxygen atoms in total. The molecular formula is C25H37N5O6Si. The largest absolute Gasteiger partial charge is 0.412 e. The lowest BCUT2D eigenvalue weighted by molar-refractivity contribution is -0.196. The number of aliphatic hydroxyl groups is 2. The number of fused-ring (bicyclic) bond motifs is 1. The number of rotatable bonds is 12. The molecule has 0 aliphatic carbocycles. The van der Waals surface area contributed by atoms with E-state index < -0.39 is 33.4 Å². The summed E-state index contributed by atoms with van der Waals surface area (Å²) in [5.41, 5.74) is -0.153. The number of nitrogens with zero attached hydrogens (tertiary/aromatic N) is 4. The molecule has 0 bridgehead atoms. The SMILES string of the molecule is COCC(CO)(CO)O[C@H](CO[Si](C)(C)C(C)(C)C)n1cnc2c(NC(=O)c3ccccc3)ncnc21. The summed E-state index contributed by atoms with van der Waals surface area (Å²) >= 11 is 0. The molecule has 3 rings (SSSR count). The Morgan fingerprint density at radius 3 is 2.38 bits per heavy atom. The number of amides is 1. The third kappa shape index (κ3) is 6.58. The van der Waals surface area contributed by atoms with Crippen molar-refractivity contribution in [2.24, 2.45) is 0 Å². The van der Waals surface area contributed by atoms with Crippen molar-refractivity contribution in [3.63, 3.8) is 0 Å². The van der Waals surface area contributed by atoms with Gasteiger partial charge in [0, 0.05) is 12.7 Å². The van der Waals surface area contributed by atoms with Crippen LogP contribution < -0.4 is 5.32 Å². The van der Waals surface area contributed by atoms with E-state index in [0.717, 1.165) is 0 Å². The minimum atomic E-state index is -2.19. The van der Waals surface area contributed by atoms with Crippen LogP contribution in [0.1, 0.15) is 37.4 Å². The molecule has 0 spiro atoms. The summed E-state index contributed by atoms with van der Waals surface area (Å²) < 4.78 is 19.6. The molecule has 0 saturated carbocycles. The molecule has 3 N–H and O–H groups in total. The number of anilines is 1. The fraction of sp³-hybridized carbons (Fsp3) is 0.520. The van der Waals surface area contributed by atoms with Crippen LogP contribution in [0.15, 0.2) is 43.0 Å². The van der Waals surface area contributed by atoms with Crippen molar-refractivity contribution in [3.8, 4) is 0 Å². The third-order valence-electron chi connectivity index (χ3n) is 6.70. The van der Waals surface area contributed by atoms with E-state index in [1.54, 1.807) is 28.8 Å². The van der Waals surface area contributed by atoms with Crippen LogP contribution in [0.5, 0.6) is 0 Å². The second-order valence-electron chi connectivity index (χ2n) is 10.4. The van der Waals surface area contributed by atoms with Crippen LogP contribution in [0, 0.1) is 0 Å². The van der Waals surface area contributed by atoms with Crippen molar-refractivity contribution in [3.05, 3.63) is 48.5 Å². The molecule has 2 aromatic heterocycles. The summed E-state index contributed by atoms with van der Waals surface area (Å²) in [6.07, 6.45) is 2.03. The van der Waals surface area contributed by atoms with Crippen molar-refractivity contribution in [2.45, 2.75) is 50.7 Å². The van der Waals surface area contributed by atoms with Gasteiger partial charge in [0.1, 0.15) is 11.9 Å². The molecule has 1 aromatic carbocycles. The predicted octanol–water partition coefficient (Wildman–Crippen LogP) is 2.99. The highest BCUT2D eigenvalue weighted by atomic mass is 28.4. The van der Waals surface area contributed by atoms with Crippen LogP contribution in [0.2, 0.25) is 18.1 Å². The fourth-order valence-corrected chi connectivity index (χ4v) is 4.38. The van der Waals surface area contributed by atoms with E-state index in [1.165, 1.54) is 19.8 Å². The zero-order chi connectivity index (χ0) is 27.3. The van der Waals surface area contributed by atoms with Crippen LogP contribution in [0.25, 0.3) is 11.2 Å². The number of ether oxygens (including phenoxy) is 2. The Morgan fingerprint density at radius 1 is 1.11 bits per heavy atom. The molecule has 3 aromatic rings. The number of carbonyl (C=O) groups excluding carboxylic acids is 1. The normalized spacial score (nSPS) is 13.6. The molecule has 1 atom stereocenters. The maximum atomic E-state index is 12.7. The van der Waals surface area contributed by atoms with Gasteiger partial charge < -0.3 is 29.4 Å². The minimum Gasteiger partial charge on any atom is -0.412 e. The van der Waals surface area contributed by atoms with Gasteiger partial charge in [0.25, 0.3) is 5.91 Å². The Kier molecular flexibility index (Phi) is 9.16. The highest BCUT2D eigenvalue weighted by Crippen LogP contribution is 2.37. The van der Waals surface area contributed by atoms with Crippen LogP contribution in [0.4, 0.5) is 5.82 Å². The van der Waals surface area contributed by atoms with Gasteiger partial charge in [-0.2, -0.15) is 0 Å². The molecule has 0 radical (unpaired) electrons. The maximum absolute atomic E-state index is 12.7. The topological polar surface area (TPSA) is 141 Å². The van der Waals surface area contributed by atoms with Crippen LogP contribution in [-0.4, -0.2) is 83.1 Å². The van der Waals surface area contributed by atoms with E-state index in [4.69, 9.17) is 13.9 Å². The number of aromatic nitrogens is 4. The Labute approximate surface area is 218 Å². The highest BCUT2D eigenvalue weighted by molar-refractivity contribution is 6.74. The molecule has 37 heavy (non-hydrogen) atoms. The Hall–Kier alpha value is -2.74. The number of imidazole rings is 1. The van der Waals surface area contributed by atoms with Crippen molar-refractivity contribution in [1.82, 2.24) is 19.5 Å². The number of carbonyl (C=O) groups is 1. The predicted molar refractivity (Wildman–Crippen MR) is 142 cm³/mol. The monoisotopic (exact) mass is 531 g/mol. The van der Waals surface area contributed by atoms with E-state index in [9.17, 15) is 15.0 Å². The first-order chi connectivity index (χ1) is 17.5. The van der Waals surface area contributed by atoms with E-state index in [0.29, 0.717) is 16.7 Å². The summed E-state index contributed by atoms with van der Waals surface area (Å²) in [4.78, 5) is 25.8. The van der Waals surface area contributed by atoms with Gasteiger partial charge in [-0.05, 0) is 30.3 Å². The molecule has 0 aliphatic heterocycles. The minimum absolute atomic E-state index is 0.0451. The van der Waals surface area contributed by atoms with Crippen molar-refractivity contribution in [2.75, 3.05) is 38.9 Å². The lowest BCUT2D eigenvalue weighted by Gasteiger charge is -2.39. The molecule has 2 heterocycles. The molecule has 0 unspecified atom stereocenters. The Bertz CT molecular complexity index is 1180. The first-order valence-electron chi connectivity index (χ1n) is 12.0. The van der Waals surface area contributed by atoms with Gasteiger partial charge in [0.15, 0.2) is 31.5 Å². The average Bonchev–Trinajstić information content (AvgIpc) is 3.31. The standard InChI is InChI=1S/C25H37N5O6Si/c1-24(2,3)37(5,6)35-12-19(36-25(13-31,14-32)15-34-4)30-17-28-20-21(26-16-27-22(20)30)29-23(33)18-10-8-7-9-11-18/h7-11,16-17,19,31-32H,12-15H2,1-6H3,(H,26,27,29,33)/t19-/m1/s1. The van der Waals surface area contributed by atoms with E-state index in [2.05, 4.69) is 54.1 Å². The summed E-state index contributed by atoms with van der Waals surface area (Å²) in [6, 6.07) is 8.78. The smallest absolute Gasteiger partial charge is 0.256 e. The zero-order valence-corrected chi connectivity index (χ0v) is 23.3. The van der Waals surface area contributed by atoms with E-state index >= 15 is 0 Å². The molecule has 12 heteroatoms. The Balaban J connectivity index is 1.99. The number of hydrogen-bond donors (Lipinski definition) is 3. The number of aliphatic hydroxyl groups excluding tert-OH is 2. The van der Waals surface area contributed by atoms with Gasteiger partial charge in [-0.1, -0.05) is 39.0 Å². The molecule has 0 saturated heterocycles. The summed E-state index contributed by atoms with van der Waals surface area (Å²) in [6.45, 7) is 9.75. The van der Waals surface area contributed by atoms with Gasteiger partial charge in [0.2, 0.25) is 0 Å². The third-order valence-corrected chi connectivity index (χ3v) is 11.2. The molecule has 1 amide bonds. The molecular weight excluding hydrogens is 494 g/mol. The van der Waals surface area contributed by atoms with Gasteiger partial charge in [0.05, 0.1) is 32.8 Å². The quantitative estimate of drug-likeness (QED) is 0.301. The number of benzene rings is 1. The van der Waals surface area contributed by atoms with Crippen molar-refractivity contribution in [1.29, 1.82) is 0 Å². The van der Waals surface area contributed by atoms with Gasteiger partial charge >= 0.3 is 0 Å². The maximum Gasteiger partial charge on any atom is 0.256 e. The van der Waals surface area contributed by atoms with Gasteiger partial charge in [-0.25, -0.2) is 15.0 Å². The molecule has 0 fully saturated rings. The van der Waals surface area contributed by atoms with E-state index in [1.807, 2.05) is 6.07 Å². The van der Waals surface area contributed by atoms with Gasteiger partial charge in [-0.15, -0.1) is 0 Å². The first-order valence-corrected chi connectivity index (χ1v) is 14.9. The van der Waals surface area contributed by atoms with Crippen LogP contribution >= 0.6 is 0 Å². The number of nitrogens with one attached hydrogen (secondary N) is 1. The average molecular weight is 532 g/mol. The summed E-state index contributed by atoms with van der Waals surface area (Å²) in [7, 11) is -0.727. The lowest BCUT2D eigenvalue weighted by atomic mass is 10.1. The summed E-state index contributed by atoms with van der Waals surface area (Å²) in [5, 5.41) is 22.9. The van der Waals surface area contributed by atoms with Crippen LogP contribution in [-0.2, 0) is 13.9 Å². The molecule has 202 valence electrons. The first kappa shape index (κ1) is 28.8. The second kappa shape index (κ2) is 11.8. The highest BCUT2D eigenvalue weighted by Gasteiger charge is 2.40. The fourth-order valence-electron chi connectivity index (χ4n) is 3.39. The summed E-state index contributed by atoms with van der Waals surface area (Å²) in [5.74, 6) is -0.0852.